The van der Waals surface area contributed by atoms with E-state index >= 15 is 0 Å². The van der Waals surface area contributed by atoms with Crippen LogP contribution in [0.2, 0.25) is 0 Å². The second-order valence-electron chi connectivity index (χ2n) is 4.51. The zero-order valence-electron chi connectivity index (χ0n) is 9.68. The molecule has 16 heavy (non-hydrogen) atoms. The van der Waals surface area contributed by atoms with Crippen LogP contribution in [-0.4, -0.2) is 11.1 Å². The van der Waals surface area contributed by atoms with Gasteiger partial charge in [0.25, 0.3) is 0 Å². The molecule has 1 atom stereocenters. The van der Waals surface area contributed by atoms with Crippen molar-refractivity contribution in [2.24, 2.45) is 16.8 Å². The van der Waals surface area contributed by atoms with Crippen molar-refractivity contribution < 1.29 is 5.11 Å². The summed E-state index contributed by atoms with van der Waals surface area (Å²) in [5.74, 6) is 0.465. The normalized spacial score (nSPS) is 12.8. The molecule has 0 aliphatic heterocycles. The molecule has 0 aliphatic carbocycles. The van der Waals surface area contributed by atoms with Crippen LogP contribution in [0.15, 0.2) is 23.4 Å². The molecule has 0 aromatic heterocycles. The van der Waals surface area contributed by atoms with Gasteiger partial charge in [-0.15, -0.1) is 4.91 Å². The standard InChI is InChI=1S/C12H18N2O2/c1-8(2)5-10(13)6-9-3-4-12(15)11(7-9)14-16/h3-4,7-8,10,15H,5-6,13H2,1-2H3. The van der Waals surface area contributed by atoms with Gasteiger partial charge in [0.05, 0.1) is 0 Å². The first-order chi connectivity index (χ1) is 7.52. The van der Waals surface area contributed by atoms with Crippen LogP contribution in [0, 0.1) is 10.8 Å². The summed E-state index contributed by atoms with van der Waals surface area (Å²) in [6, 6.07) is 4.91. The Kier molecular flexibility index (Phi) is 4.43. The second kappa shape index (κ2) is 5.61. The Morgan fingerprint density at radius 1 is 1.44 bits per heavy atom. The zero-order chi connectivity index (χ0) is 12.1. The van der Waals surface area contributed by atoms with Crippen molar-refractivity contribution in [3.63, 3.8) is 0 Å². The number of nitrogens with zero attached hydrogens (tertiary/aromatic N) is 1. The third-order valence-electron chi connectivity index (χ3n) is 2.41. The van der Waals surface area contributed by atoms with Crippen molar-refractivity contribution in [3.8, 4) is 5.75 Å². The molecule has 88 valence electrons. The summed E-state index contributed by atoms with van der Waals surface area (Å²) in [4.78, 5) is 10.4. The molecule has 3 N–H and O–H groups in total. The van der Waals surface area contributed by atoms with E-state index in [2.05, 4.69) is 19.0 Å². The highest BCUT2D eigenvalue weighted by Crippen LogP contribution is 2.27. The Morgan fingerprint density at radius 3 is 2.69 bits per heavy atom. The van der Waals surface area contributed by atoms with E-state index in [9.17, 15) is 10.0 Å². The van der Waals surface area contributed by atoms with Gasteiger partial charge in [0.15, 0.2) is 0 Å². The molecular formula is C12H18N2O2. The number of benzene rings is 1. The van der Waals surface area contributed by atoms with Crippen molar-refractivity contribution in [2.75, 3.05) is 0 Å². The number of nitroso groups, excluding NO2 is 1. The monoisotopic (exact) mass is 222 g/mol. The van der Waals surface area contributed by atoms with Crippen molar-refractivity contribution in [3.05, 3.63) is 28.7 Å². The van der Waals surface area contributed by atoms with Crippen LogP contribution in [-0.2, 0) is 6.42 Å². The Labute approximate surface area is 95.4 Å². The van der Waals surface area contributed by atoms with Crippen LogP contribution in [0.1, 0.15) is 25.8 Å². The van der Waals surface area contributed by atoms with Crippen molar-refractivity contribution in [1.82, 2.24) is 0 Å². The smallest absolute Gasteiger partial charge is 0.149 e. The minimum atomic E-state index is -0.0869. The second-order valence-corrected chi connectivity index (χ2v) is 4.51. The van der Waals surface area contributed by atoms with Gasteiger partial charge in [0.1, 0.15) is 11.4 Å². The lowest BCUT2D eigenvalue weighted by molar-refractivity contribution is 0.475. The molecule has 0 saturated carbocycles. The average Bonchev–Trinajstić information content (AvgIpc) is 2.19. The first-order valence-electron chi connectivity index (χ1n) is 5.43. The fraction of sp³-hybridized carbons (Fsp3) is 0.500. The fourth-order valence-electron chi connectivity index (χ4n) is 1.76. The van der Waals surface area contributed by atoms with Crippen LogP contribution in [0.5, 0.6) is 5.75 Å². The molecule has 1 aromatic carbocycles. The van der Waals surface area contributed by atoms with Gasteiger partial charge in [0.2, 0.25) is 0 Å². The van der Waals surface area contributed by atoms with Gasteiger partial charge in [0, 0.05) is 6.04 Å². The maximum Gasteiger partial charge on any atom is 0.149 e. The molecule has 1 rings (SSSR count). The highest BCUT2D eigenvalue weighted by Gasteiger charge is 2.09. The van der Waals surface area contributed by atoms with Gasteiger partial charge in [-0.2, -0.15) is 0 Å². The topological polar surface area (TPSA) is 75.7 Å². The third-order valence-corrected chi connectivity index (χ3v) is 2.41. The van der Waals surface area contributed by atoms with E-state index in [1.54, 1.807) is 12.1 Å². The van der Waals surface area contributed by atoms with Crippen LogP contribution in [0.4, 0.5) is 5.69 Å². The first-order valence-corrected chi connectivity index (χ1v) is 5.43. The number of rotatable bonds is 5. The van der Waals surface area contributed by atoms with Gasteiger partial charge < -0.3 is 10.8 Å². The van der Waals surface area contributed by atoms with Crippen LogP contribution in [0.25, 0.3) is 0 Å². The summed E-state index contributed by atoms with van der Waals surface area (Å²) in [5.41, 5.74) is 6.97. The Bertz CT molecular complexity index is 364. The lowest BCUT2D eigenvalue weighted by Crippen LogP contribution is -2.24. The summed E-state index contributed by atoms with van der Waals surface area (Å²) in [6.07, 6.45) is 1.63. The van der Waals surface area contributed by atoms with E-state index in [1.165, 1.54) is 6.07 Å². The van der Waals surface area contributed by atoms with Gasteiger partial charge in [-0.1, -0.05) is 19.9 Å². The molecule has 1 aromatic rings. The van der Waals surface area contributed by atoms with Gasteiger partial charge in [-0.25, -0.2) is 0 Å². The maximum absolute atomic E-state index is 10.4. The fourth-order valence-corrected chi connectivity index (χ4v) is 1.76. The molecular weight excluding hydrogens is 204 g/mol. The maximum atomic E-state index is 10.4. The highest BCUT2D eigenvalue weighted by molar-refractivity contribution is 5.52. The molecule has 0 fully saturated rings. The van der Waals surface area contributed by atoms with Crippen molar-refractivity contribution in [1.29, 1.82) is 0 Å². The Balaban J connectivity index is 2.70. The van der Waals surface area contributed by atoms with Crippen molar-refractivity contribution >= 4 is 5.69 Å². The lowest BCUT2D eigenvalue weighted by atomic mass is 9.98. The first kappa shape index (κ1) is 12.6. The molecule has 4 nitrogen and oxygen atoms in total. The van der Waals surface area contributed by atoms with Crippen LogP contribution >= 0.6 is 0 Å². The molecule has 0 bridgehead atoms. The number of phenols is 1. The summed E-state index contributed by atoms with van der Waals surface area (Å²) < 4.78 is 0. The van der Waals surface area contributed by atoms with E-state index in [0.29, 0.717) is 12.3 Å². The van der Waals surface area contributed by atoms with Crippen LogP contribution < -0.4 is 5.73 Å². The predicted molar refractivity (Wildman–Crippen MR) is 64.7 cm³/mol. The van der Waals surface area contributed by atoms with E-state index in [4.69, 9.17) is 5.73 Å². The quantitative estimate of drug-likeness (QED) is 0.752. The summed E-state index contributed by atoms with van der Waals surface area (Å²) in [5, 5.41) is 12.0. The SMILES string of the molecule is CC(C)CC(N)Cc1ccc(O)c(N=O)c1. The molecule has 0 amide bonds. The predicted octanol–water partition coefficient (Wildman–Crippen LogP) is 2.71. The van der Waals surface area contributed by atoms with E-state index in [0.717, 1.165) is 12.0 Å². The number of hydrogen-bond acceptors (Lipinski definition) is 4. The van der Waals surface area contributed by atoms with Gasteiger partial charge >= 0.3 is 0 Å². The summed E-state index contributed by atoms with van der Waals surface area (Å²) >= 11 is 0. The number of phenolic OH excluding ortho intramolecular Hbond substituents is 1. The van der Waals surface area contributed by atoms with Crippen LogP contribution in [0.3, 0.4) is 0 Å². The minimum Gasteiger partial charge on any atom is -0.506 e. The zero-order valence-corrected chi connectivity index (χ0v) is 9.68. The lowest BCUT2D eigenvalue weighted by Gasteiger charge is -2.14. The number of nitrogens with two attached hydrogens (primary N) is 1. The van der Waals surface area contributed by atoms with E-state index < -0.39 is 0 Å². The van der Waals surface area contributed by atoms with Crippen molar-refractivity contribution in [2.45, 2.75) is 32.7 Å². The molecule has 0 radical (unpaired) electrons. The number of hydrogen-bond donors (Lipinski definition) is 2. The minimum absolute atomic E-state index is 0.0732. The average molecular weight is 222 g/mol. The Morgan fingerprint density at radius 2 is 2.12 bits per heavy atom. The molecule has 0 heterocycles. The molecule has 0 spiro atoms. The van der Waals surface area contributed by atoms with E-state index in [1.807, 2.05) is 0 Å². The molecule has 0 saturated heterocycles. The molecule has 4 heteroatoms. The summed E-state index contributed by atoms with van der Waals surface area (Å²) in [6.45, 7) is 4.24. The Hall–Kier alpha value is -1.42. The number of aromatic hydroxyl groups is 1. The van der Waals surface area contributed by atoms with Gasteiger partial charge in [-0.3, -0.25) is 0 Å². The molecule has 1 unspecified atom stereocenters. The van der Waals surface area contributed by atoms with E-state index in [-0.39, 0.29) is 17.5 Å². The largest absolute Gasteiger partial charge is 0.506 e. The highest BCUT2D eigenvalue weighted by atomic mass is 16.3. The third kappa shape index (κ3) is 3.62. The van der Waals surface area contributed by atoms with Gasteiger partial charge in [-0.05, 0) is 41.6 Å². The molecule has 0 aliphatic rings. The summed E-state index contributed by atoms with van der Waals surface area (Å²) in [7, 11) is 0.